The second-order valence-electron chi connectivity index (χ2n) is 7.43. The Balaban J connectivity index is 1.30. The lowest BCUT2D eigenvalue weighted by Gasteiger charge is -2.36. The topological polar surface area (TPSA) is 92.1 Å². The highest BCUT2D eigenvalue weighted by molar-refractivity contribution is 6.33. The summed E-state index contributed by atoms with van der Waals surface area (Å²) in [6.07, 6.45) is 5.05. The van der Waals surface area contributed by atoms with Gasteiger partial charge in [-0.25, -0.2) is 19.6 Å². The molecule has 0 spiro atoms. The molecule has 4 heterocycles. The lowest BCUT2D eigenvalue weighted by Crippen LogP contribution is -2.47. The Bertz CT molecular complexity index is 1240. The Morgan fingerprint density at radius 3 is 2.53 bits per heavy atom. The number of pyridine rings is 1. The van der Waals surface area contributed by atoms with Gasteiger partial charge < -0.3 is 15.1 Å². The number of fused-ring (bicyclic) bond motifs is 1. The lowest BCUT2D eigenvalue weighted by atomic mass is 10.2. The largest absolute Gasteiger partial charge is 0.353 e. The molecular formula is C22H21ClN8O. The van der Waals surface area contributed by atoms with Gasteiger partial charge in [-0.15, -0.1) is 0 Å². The van der Waals surface area contributed by atoms with Crippen molar-refractivity contribution in [3.05, 3.63) is 66.2 Å². The van der Waals surface area contributed by atoms with E-state index in [-0.39, 0.29) is 12.5 Å². The third-order valence-corrected chi connectivity index (χ3v) is 5.74. The third-order valence-electron chi connectivity index (χ3n) is 5.41. The molecule has 0 atom stereocenters. The first-order valence-corrected chi connectivity index (χ1v) is 10.7. The summed E-state index contributed by atoms with van der Waals surface area (Å²) in [6, 6.07) is 13.1. The van der Waals surface area contributed by atoms with Crippen LogP contribution in [0, 0.1) is 0 Å². The van der Waals surface area contributed by atoms with Gasteiger partial charge in [0.05, 0.1) is 22.3 Å². The lowest BCUT2D eigenvalue weighted by molar-refractivity contribution is -0.116. The van der Waals surface area contributed by atoms with Crippen molar-refractivity contribution >= 4 is 45.9 Å². The predicted octanol–water partition coefficient (Wildman–Crippen LogP) is 2.84. The number of hydrogen-bond acceptors (Lipinski definition) is 7. The highest BCUT2D eigenvalue weighted by Crippen LogP contribution is 2.25. The van der Waals surface area contributed by atoms with E-state index in [0.717, 1.165) is 43.2 Å². The molecule has 32 heavy (non-hydrogen) atoms. The molecule has 1 aliphatic rings. The fourth-order valence-corrected chi connectivity index (χ4v) is 4.01. The van der Waals surface area contributed by atoms with E-state index in [1.54, 1.807) is 23.0 Å². The number of carbonyl (C=O) groups excluding carboxylic acids is 1. The van der Waals surface area contributed by atoms with Crippen molar-refractivity contribution < 1.29 is 4.79 Å². The number of para-hydroxylation sites is 1. The average Bonchev–Trinajstić information content (AvgIpc) is 3.24. The molecule has 0 saturated carbocycles. The quantitative estimate of drug-likeness (QED) is 0.501. The summed E-state index contributed by atoms with van der Waals surface area (Å²) in [6.45, 7) is 3.33. The van der Waals surface area contributed by atoms with Crippen molar-refractivity contribution in [1.82, 2.24) is 24.7 Å². The molecule has 1 amide bonds. The van der Waals surface area contributed by atoms with E-state index in [1.165, 1.54) is 6.33 Å². The molecule has 1 N–H and O–H groups in total. The van der Waals surface area contributed by atoms with Crippen molar-refractivity contribution in [2.75, 3.05) is 41.3 Å². The van der Waals surface area contributed by atoms with Crippen LogP contribution in [-0.4, -0.2) is 56.8 Å². The average molecular weight is 449 g/mol. The zero-order chi connectivity index (χ0) is 21.9. The number of amides is 1. The molecule has 1 aliphatic heterocycles. The predicted molar refractivity (Wildman–Crippen MR) is 124 cm³/mol. The van der Waals surface area contributed by atoms with Crippen LogP contribution in [0.4, 0.5) is 17.3 Å². The molecule has 9 nitrogen and oxygen atoms in total. The molecule has 1 aromatic carbocycles. The molecule has 0 aliphatic carbocycles. The van der Waals surface area contributed by atoms with Crippen LogP contribution in [0.15, 0.2) is 61.2 Å². The monoisotopic (exact) mass is 448 g/mol. The van der Waals surface area contributed by atoms with Crippen LogP contribution in [0.3, 0.4) is 0 Å². The Kier molecular flexibility index (Phi) is 5.55. The van der Waals surface area contributed by atoms with Crippen LogP contribution < -0.4 is 15.1 Å². The molecule has 0 unspecified atom stereocenters. The Morgan fingerprint density at radius 2 is 1.75 bits per heavy atom. The normalized spacial score (nSPS) is 14.0. The number of anilines is 3. The standard InChI is InChI=1S/C22H21ClN8O/c23-17-5-1-2-6-18(17)28-20(32)14-31-22-16(13-27-31)21(25-15-26-22)30-11-9-29(10-12-30)19-7-3-4-8-24-19/h1-8,13,15H,9-12,14H2,(H,28,32). The summed E-state index contributed by atoms with van der Waals surface area (Å²) in [4.78, 5) is 30.3. The van der Waals surface area contributed by atoms with E-state index in [0.29, 0.717) is 16.4 Å². The van der Waals surface area contributed by atoms with Gasteiger partial charge in [0.2, 0.25) is 5.91 Å². The summed E-state index contributed by atoms with van der Waals surface area (Å²) >= 11 is 6.13. The minimum absolute atomic E-state index is 0.0264. The number of carbonyl (C=O) groups is 1. The molecule has 1 saturated heterocycles. The number of piperazine rings is 1. The second-order valence-corrected chi connectivity index (χ2v) is 7.83. The maximum atomic E-state index is 12.5. The maximum absolute atomic E-state index is 12.5. The first-order chi connectivity index (χ1) is 15.7. The van der Waals surface area contributed by atoms with Crippen molar-refractivity contribution in [3.8, 4) is 0 Å². The number of nitrogens with one attached hydrogen (secondary N) is 1. The molecule has 5 rings (SSSR count). The summed E-state index contributed by atoms with van der Waals surface area (Å²) in [5.41, 5.74) is 1.19. The van der Waals surface area contributed by atoms with E-state index in [9.17, 15) is 4.79 Å². The minimum atomic E-state index is -0.229. The molecule has 162 valence electrons. The van der Waals surface area contributed by atoms with Crippen LogP contribution in [0.1, 0.15) is 0 Å². The van der Waals surface area contributed by atoms with Crippen molar-refractivity contribution in [2.24, 2.45) is 0 Å². The summed E-state index contributed by atoms with van der Waals surface area (Å²) < 4.78 is 1.58. The molecule has 4 aromatic rings. The van der Waals surface area contributed by atoms with Crippen molar-refractivity contribution in [3.63, 3.8) is 0 Å². The number of rotatable bonds is 5. The van der Waals surface area contributed by atoms with Crippen LogP contribution in [0.25, 0.3) is 11.0 Å². The van der Waals surface area contributed by atoms with Crippen molar-refractivity contribution in [1.29, 1.82) is 0 Å². The van der Waals surface area contributed by atoms with E-state index < -0.39 is 0 Å². The van der Waals surface area contributed by atoms with Crippen LogP contribution in [-0.2, 0) is 11.3 Å². The number of hydrogen-bond donors (Lipinski definition) is 1. The van der Waals surface area contributed by atoms with Crippen LogP contribution in [0.5, 0.6) is 0 Å². The Morgan fingerprint density at radius 1 is 0.969 bits per heavy atom. The van der Waals surface area contributed by atoms with E-state index >= 15 is 0 Å². The summed E-state index contributed by atoms with van der Waals surface area (Å²) in [5, 5.41) is 8.52. The zero-order valence-electron chi connectivity index (χ0n) is 17.2. The van der Waals surface area contributed by atoms with Gasteiger partial charge in [-0.1, -0.05) is 29.8 Å². The van der Waals surface area contributed by atoms with Gasteiger partial charge in [0.25, 0.3) is 0 Å². The first kappa shape index (κ1) is 20.2. The smallest absolute Gasteiger partial charge is 0.246 e. The highest BCUT2D eigenvalue weighted by Gasteiger charge is 2.22. The maximum Gasteiger partial charge on any atom is 0.246 e. The molecule has 3 aromatic heterocycles. The minimum Gasteiger partial charge on any atom is -0.353 e. The van der Waals surface area contributed by atoms with Crippen LogP contribution >= 0.6 is 11.6 Å². The van der Waals surface area contributed by atoms with Gasteiger partial charge in [0.15, 0.2) is 5.65 Å². The molecular weight excluding hydrogens is 428 g/mol. The zero-order valence-corrected chi connectivity index (χ0v) is 18.0. The number of nitrogens with zero attached hydrogens (tertiary/aromatic N) is 7. The summed E-state index contributed by atoms with van der Waals surface area (Å²) in [5.74, 6) is 1.58. The third kappa shape index (κ3) is 4.06. The first-order valence-electron chi connectivity index (χ1n) is 10.3. The van der Waals surface area contributed by atoms with Gasteiger partial charge >= 0.3 is 0 Å². The number of aromatic nitrogens is 5. The highest BCUT2D eigenvalue weighted by atomic mass is 35.5. The Hall–Kier alpha value is -3.72. The molecule has 1 fully saturated rings. The summed E-state index contributed by atoms with van der Waals surface area (Å²) in [7, 11) is 0. The second kappa shape index (κ2) is 8.80. The van der Waals surface area contributed by atoms with Gasteiger partial charge in [-0.2, -0.15) is 5.10 Å². The van der Waals surface area contributed by atoms with Gasteiger partial charge in [0.1, 0.15) is 24.5 Å². The molecule has 10 heteroatoms. The van der Waals surface area contributed by atoms with E-state index in [1.807, 2.05) is 36.5 Å². The SMILES string of the molecule is O=C(Cn1ncc2c(N3CCN(c4ccccn4)CC3)ncnc21)Nc1ccccc1Cl. The van der Waals surface area contributed by atoms with Gasteiger partial charge in [0, 0.05) is 32.4 Å². The van der Waals surface area contributed by atoms with Gasteiger partial charge in [-0.3, -0.25) is 4.79 Å². The fraction of sp³-hybridized carbons (Fsp3) is 0.227. The number of benzene rings is 1. The van der Waals surface area contributed by atoms with E-state index in [2.05, 4.69) is 35.2 Å². The van der Waals surface area contributed by atoms with Crippen molar-refractivity contribution in [2.45, 2.75) is 6.54 Å². The fourth-order valence-electron chi connectivity index (χ4n) is 3.82. The van der Waals surface area contributed by atoms with E-state index in [4.69, 9.17) is 11.6 Å². The number of halogens is 1. The van der Waals surface area contributed by atoms with Crippen LogP contribution in [0.2, 0.25) is 5.02 Å². The van der Waals surface area contributed by atoms with Gasteiger partial charge in [-0.05, 0) is 24.3 Å². The Labute approximate surface area is 189 Å². The molecule has 0 bridgehead atoms. The molecule has 0 radical (unpaired) electrons.